The van der Waals surface area contributed by atoms with Crippen molar-refractivity contribution in [3.05, 3.63) is 102 Å². The molecule has 0 spiro atoms. The molecule has 0 aliphatic rings. The molecule has 0 aliphatic heterocycles. The van der Waals surface area contributed by atoms with Crippen molar-refractivity contribution in [3.63, 3.8) is 0 Å². The first-order valence-corrected chi connectivity index (χ1v) is 10.9. The van der Waals surface area contributed by atoms with Gasteiger partial charge in [0.25, 0.3) is 0 Å². The third kappa shape index (κ3) is 3.37. The van der Waals surface area contributed by atoms with Crippen LogP contribution in [-0.2, 0) is 13.2 Å². The van der Waals surface area contributed by atoms with Crippen LogP contribution in [0.5, 0.6) is 0 Å². The summed E-state index contributed by atoms with van der Waals surface area (Å²) in [5, 5.41) is 0.638. The summed E-state index contributed by atoms with van der Waals surface area (Å²) in [5.74, 6) is 0. The van der Waals surface area contributed by atoms with Gasteiger partial charge in [-0.15, -0.1) is 0 Å². The van der Waals surface area contributed by atoms with Gasteiger partial charge in [0, 0.05) is 42.8 Å². The standard InChI is InChI=1S/C26H17F3N6O/c1-33-23-14-32-21-6-4-16(17-3-2-8-30-13-17)11-19(21)24(23)35(25(33)36)18-5-7-22(34-10-9-31-15-34)20(12-18)26(27,28)29/h2-15H,1H3. The maximum atomic E-state index is 14.1. The first-order valence-electron chi connectivity index (χ1n) is 10.9. The number of fused-ring (bicyclic) bond motifs is 3. The van der Waals surface area contributed by atoms with Crippen LogP contribution in [-0.4, -0.2) is 28.7 Å². The number of aryl methyl sites for hydroxylation is 1. The Morgan fingerprint density at radius 2 is 1.78 bits per heavy atom. The van der Waals surface area contributed by atoms with Crippen LogP contribution in [0, 0.1) is 0 Å². The molecule has 0 bridgehead atoms. The van der Waals surface area contributed by atoms with Gasteiger partial charge < -0.3 is 4.57 Å². The molecule has 0 N–H and O–H groups in total. The highest BCUT2D eigenvalue weighted by Crippen LogP contribution is 2.36. The quantitative estimate of drug-likeness (QED) is 0.347. The predicted molar refractivity (Wildman–Crippen MR) is 129 cm³/mol. The van der Waals surface area contributed by atoms with E-state index in [1.807, 2.05) is 30.3 Å². The fourth-order valence-corrected chi connectivity index (χ4v) is 4.47. The van der Waals surface area contributed by atoms with Crippen molar-refractivity contribution in [2.45, 2.75) is 6.18 Å². The number of hydrogen-bond donors (Lipinski definition) is 0. The number of pyridine rings is 2. The zero-order valence-corrected chi connectivity index (χ0v) is 18.8. The van der Waals surface area contributed by atoms with Crippen LogP contribution in [0.25, 0.3) is 44.4 Å². The first-order chi connectivity index (χ1) is 17.3. The van der Waals surface area contributed by atoms with Crippen LogP contribution >= 0.6 is 0 Å². The molecular weight excluding hydrogens is 469 g/mol. The average molecular weight is 486 g/mol. The maximum Gasteiger partial charge on any atom is 0.418 e. The minimum atomic E-state index is -4.65. The Hall–Kier alpha value is -4.73. The van der Waals surface area contributed by atoms with Gasteiger partial charge in [0.05, 0.1) is 46.0 Å². The van der Waals surface area contributed by atoms with Gasteiger partial charge in [-0.3, -0.25) is 19.1 Å². The summed E-state index contributed by atoms with van der Waals surface area (Å²) < 4.78 is 46.3. The maximum absolute atomic E-state index is 14.1. The summed E-state index contributed by atoms with van der Waals surface area (Å²) in [7, 11) is 1.57. The highest BCUT2D eigenvalue weighted by molar-refractivity contribution is 6.04. The van der Waals surface area contributed by atoms with Crippen molar-refractivity contribution >= 4 is 21.9 Å². The summed E-state index contributed by atoms with van der Waals surface area (Å²) in [6.07, 6.45) is 4.44. The summed E-state index contributed by atoms with van der Waals surface area (Å²) in [5.41, 5.74) is 1.96. The summed E-state index contributed by atoms with van der Waals surface area (Å²) in [6.45, 7) is 0. The Balaban J connectivity index is 1.66. The van der Waals surface area contributed by atoms with Gasteiger partial charge in [0.2, 0.25) is 0 Å². The topological polar surface area (TPSA) is 70.5 Å². The van der Waals surface area contributed by atoms with Crippen molar-refractivity contribution < 1.29 is 13.2 Å². The number of imidazole rings is 2. The van der Waals surface area contributed by atoms with Gasteiger partial charge >= 0.3 is 11.9 Å². The van der Waals surface area contributed by atoms with Gasteiger partial charge in [-0.1, -0.05) is 12.1 Å². The van der Waals surface area contributed by atoms with Crippen molar-refractivity contribution in [3.8, 4) is 22.5 Å². The average Bonchev–Trinajstić information content (AvgIpc) is 3.51. The number of halogens is 3. The number of nitrogens with zero attached hydrogens (tertiary/aromatic N) is 6. The fourth-order valence-electron chi connectivity index (χ4n) is 4.47. The molecule has 178 valence electrons. The lowest BCUT2D eigenvalue weighted by Gasteiger charge is -2.16. The predicted octanol–water partition coefficient (Wildman–Crippen LogP) is 5.14. The zero-order chi connectivity index (χ0) is 25.0. The fraction of sp³-hybridized carbons (Fsp3) is 0.0769. The Bertz CT molecular complexity index is 1800. The molecule has 7 nitrogen and oxygen atoms in total. The monoisotopic (exact) mass is 486 g/mol. The van der Waals surface area contributed by atoms with E-state index in [0.29, 0.717) is 21.9 Å². The molecule has 0 unspecified atom stereocenters. The van der Waals surface area contributed by atoms with Crippen LogP contribution in [0.3, 0.4) is 0 Å². The van der Waals surface area contributed by atoms with Crippen LogP contribution in [0.1, 0.15) is 5.56 Å². The minimum Gasteiger partial charge on any atom is -0.306 e. The molecule has 0 radical (unpaired) electrons. The van der Waals surface area contributed by atoms with Crippen molar-refractivity contribution in [2.24, 2.45) is 7.05 Å². The van der Waals surface area contributed by atoms with Crippen molar-refractivity contribution in [2.75, 3.05) is 0 Å². The van der Waals surface area contributed by atoms with Crippen molar-refractivity contribution in [1.82, 2.24) is 28.7 Å². The van der Waals surface area contributed by atoms with Gasteiger partial charge in [0.15, 0.2) is 0 Å². The molecule has 0 saturated heterocycles. The molecule has 4 aromatic heterocycles. The first kappa shape index (κ1) is 21.8. The highest BCUT2D eigenvalue weighted by atomic mass is 19.4. The molecule has 0 amide bonds. The molecule has 36 heavy (non-hydrogen) atoms. The van der Waals surface area contributed by atoms with Gasteiger partial charge in [-0.05, 0) is 42.0 Å². The van der Waals surface area contributed by atoms with Gasteiger partial charge in [0.1, 0.15) is 0 Å². The Labute approximate surface area is 201 Å². The lowest BCUT2D eigenvalue weighted by Crippen LogP contribution is -2.21. The molecule has 0 fully saturated rings. The molecule has 0 aliphatic carbocycles. The number of benzene rings is 2. The van der Waals surface area contributed by atoms with E-state index in [4.69, 9.17) is 0 Å². The summed E-state index contributed by atoms with van der Waals surface area (Å²) in [6, 6.07) is 13.2. The molecular formula is C26H17F3N6O. The van der Waals surface area contributed by atoms with E-state index in [9.17, 15) is 18.0 Å². The Morgan fingerprint density at radius 1 is 0.917 bits per heavy atom. The number of hydrogen-bond acceptors (Lipinski definition) is 4. The van der Waals surface area contributed by atoms with E-state index >= 15 is 0 Å². The number of rotatable bonds is 3. The highest BCUT2D eigenvalue weighted by Gasteiger charge is 2.35. The van der Waals surface area contributed by atoms with E-state index in [-0.39, 0.29) is 11.4 Å². The third-order valence-corrected chi connectivity index (χ3v) is 6.20. The van der Waals surface area contributed by atoms with Crippen LogP contribution < -0.4 is 5.69 Å². The Kier molecular flexibility index (Phi) is 4.78. The lowest BCUT2D eigenvalue weighted by atomic mass is 10.0. The minimum absolute atomic E-state index is 0.0811. The summed E-state index contributed by atoms with van der Waals surface area (Å²) in [4.78, 5) is 25.8. The van der Waals surface area contributed by atoms with E-state index < -0.39 is 17.4 Å². The SMILES string of the molecule is Cn1c(=O)n(-c2ccc(-n3ccnc3)c(C(F)(F)F)c2)c2c3cc(-c4cccnc4)ccc3ncc21. The number of alkyl halides is 3. The molecule has 2 aromatic carbocycles. The molecule has 10 heteroatoms. The van der Waals surface area contributed by atoms with Gasteiger partial charge in [-0.25, -0.2) is 9.78 Å². The normalized spacial score (nSPS) is 12.0. The second-order valence-electron chi connectivity index (χ2n) is 8.31. The van der Waals surface area contributed by atoms with Crippen LogP contribution in [0.2, 0.25) is 0 Å². The van der Waals surface area contributed by atoms with E-state index in [1.165, 1.54) is 44.6 Å². The third-order valence-electron chi connectivity index (χ3n) is 6.20. The number of aromatic nitrogens is 6. The van der Waals surface area contributed by atoms with Crippen LogP contribution in [0.15, 0.2) is 90.6 Å². The summed E-state index contributed by atoms with van der Waals surface area (Å²) >= 11 is 0. The second kappa shape index (κ2) is 7.91. The zero-order valence-electron chi connectivity index (χ0n) is 18.8. The van der Waals surface area contributed by atoms with E-state index in [1.54, 1.807) is 25.6 Å². The van der Waals surface area contributed by atoms with E-state index in [2.05, 4.69) is 15.0 Å². The lowest BCUT2D eigenvalue weighted by molar-refractivity contribution is -0.137. The second-order valence-corrected chi connectivity index (χ2v) is 8.31. The molecule has 6 rings (SSSR count). The van der Waals surface area contributed by atoms with E-state index in [0.717, 1.165) is 17.2 Å². The van der Waals surface area contributed by atoms with Crippen molar-refractivity contribution in [1.29, 1.82) is 0 Å². The Morgan fingerprint density at radius 3 is 2.50 bits per heavy atom. The smallest absolute Gasteiger partial charge is 0.306 e. The molecule has 0 saturated carbocycles. The molecule has 0 atom stereocenters. The molecule has 4 heterocycles. The van der Waals surface area contributed by atoms with Gasteiger partial charge in [-0.2, -0.15) is 13.2 Å². The molecule has 6 aromatic rings. The van der Waals surface area contributed by atoms with Crippen LogP contribution in [0.4, 0.5) is 13.2 Å². The largest absolute Gasteiger partial charge is 0.418 e.